The summed E-state index contributed by atoms with van der Waals surface area (Å²) >= 11 is 6.13. The van der Waals surface area contributed by atoms with Crippen molar-refractivity contribution in [1.82, 2.24) is 24.1 Å². The fourth-order valence-corrected chi connectivity index (χ4v) is 6.88. The van der Waals surface area contributed by atoms with Crippen molar-refractivity contribution in [2.75, 3.05) is 36.4 Å². The van der Waals surface area contributed by atoms with Gasteiger partial charge in [0.05, 0.1) is 40.7 Å². The minimum absolute atomic E-state index is 0.0295. The number of hydrogen-bond acceptors (Lipinski definition) is 9. The Kier molecular flexibility index (Phi) is 9.28. The maximum absolute atomic E-state index is 14.3. The lowest BCUT2D eigenvalue weighted by molar-refractivity contribution is -0.137. The third-order valence-electron chi connectivity index (χ3n) is 9.44. The number of anilines is 2. The number of carbonyl (C=O) groups excluding carboxylic acids is 2. The number of aryl methyl sites for hydroxylation is 1. The second-order valence-corrected chi connectivity index (χ2v) is 13.2. The Bertz CT molecular complexity index is 2350. The summed E-state index contributed by atoms with van der Waals surface area (Å²) in [6.07, 6.45) is -4.35. The maximum Gasteiger partial charge on any atom is 0.416 e. The highest BCUT2D eigenvalue weighted by atomic mass is 35.5. The Morgan fingerprint density at radius 3 is 2.42 bits per heavy atom. The lowest BCUT2D eigenvalue weighted by Gasteiger charge is -2.37. The van der Waals surface area contributed by atoms with Crippen LogP contribution in [0.3, 0.4) is 0 Å². The molecule has 2 aliphatic heterocycles. The second kappa shape index (κ2) is 13.7. The van der Waals surface area contributed by atoms with Crippen molar-refractivity contribution in [3.8, 4) is 22.9 Å². The summed E-state index contributed by atoms with van der Waals surface area (Å²) in [5.41, 5.74) is 2.29. The van der Waals surface area contributed by atoms with Crippen molar-refractivity contribution in [1.29, 1.82) is 0 Å². The average molecular weight is 752 g/mol. The lowest BCUT2D eigenvalue weighted by atomic mass is 10.1. The van der Waals surface area contributed by atoms with E-state index in [1.165, 1.54) is 11.0 Å². The van der Waals surface area contributed by atoms with Gasteiger partial charge >= 0.3 is 6.18 Å². The Balaban J connectivity index is 1.25. The molecule has 0 saturated carbocycles. The van der Waals surface area contributed by atoms with E-state index in [0.717, 1.165) is 39.9 Å². The number of rotatable bonds is 7. The fourth-order valence-electron chi connectivity index (χ4n) is 6.65. The quantitative estimate of drug-likeness (QED) is 0.205. The second-order valence-electron chi connectivity index (χ2n) is 12.8. The highest BCUT2D eigenvalue weighted by Crippen LogP contribution is 2.34. The molecule has 1 fully saturated rings. The van der Waals surface area contributed by atoms with Gasteiger partial charge in [-0.2, -0.15) is 22.7 Å². The normalized spacial score (nSPS) is 14.5. The summed E-state index contributed by atoms with van der Waals surface area (Å²) in [4.78, 5) is 49.3. The number of phenolic OH excluding ortho intramolecular Hbond substituents is 2. The van der Waals surface area contributed by atoms with Gasteiger partial charge in [0, 0.05) is 37.8 Å². The number of benzene rings is 3. The molecule has 13 nitrogen and oxygen atoms in total. The molecule has 2 amide bonds. The van der Waals surface area contributed by atoms with Crippen LogP contribution in [0.25, 0.3) is 17.2 Å². The number of halogens is 4. The van der Waals surface area contributed by atoms with Crippen LogP contribution in [0.5, 0.6) is 11.5 Å². The smallest absolute Gasteiger partial charge is 0.416 e. The van der Waals surface area contributed by atoms with E-state index in [-0.39, 0.29) is 77.7 Å². The number of nitrogens with zero attached hydrogens (tertiary/aromatic N) is 6. The molecule has 53 heavy (non-hydrogen) atoms. The van der Waals surface area contributed by atoms with Crippen molar-refractivity contribution < 1.29 is 37.7 Å². The number of nitrogens with one attached hydrogen (secondary N) is 1. The number of alkyl halides is 3. The highest BCUT2D eigenvalue weighted by Gasteiger charge is 2.32. The molecule has 0 radical (unpaired) electrons. The molecule has 17 heteroatoms. The first-order valence-corrected chi connectivity index (χ1v) is 17.1. The Labute approximate surface area is 304 Å². The van der Waals surface area contributed by atoms with Gasteiger partial charge in [0.1, 0.15) is 23.7 Å². The van der Waals surface area contributed by atoms with E-state index < -0.39 is 35.7 Å². The molecule has 1 saturated heterocycles. The van der Waals surface area contributed by atoms with Crippen LogP contribution in [0.2, 0.25) is 5.02 Å². The van der Waals surface area contributed by atoms with Crippen LogP contribution in [0.4, 0.5) is 24.5 Å². The number of carbonyl (C=O) groups is 2. The number of ether oxygens (including phenoxy) is 1. The first kappa shape index (κ1) is 35.8. The molecule has 0 unspecified atom stereocenters. The largest absolute Gasteiger partial charge is 0.508 e. The van der Waals surface area contributed by atoms with Gasteiger partial charge < -0.3 is 34.6 Å². The minimum atomic E-state index is -4.62. The monoisotopic (exact) mass is 751 g/mol. The van der Waals surface area contributed by atoms with Crippen LogP contribution >= 0.6 is 11.6 Å². The number of piperazine rings is 1. The predicted octanol–water partition coefficient (Wildman–Crippen LogP) is 5.14. The number of aromatic hydroxyl groups is 2. The van der Waals surface area contributed by atoms with Crippen molar-refractivity contribution in [3.63, 3.8) is 0 Å². The van der Waals surface area contributed by atoms with Crippen LogP contribution in [0, 0.1) is 6.92 Å². The molecule has 0 bridgehead atoms. The average Bonchev–Trinajstić information content (AvgIpc) is 3.79. The summed E-state index contributed by atoms with van der Waals surface area (Å²) < 4.78 is 47.9. The molecule has 2 aromatic heterocycles. The van der Waals surface area contributed by atoms with Crippen molar-refractivity contribution in [3.05, 3.63) is 97.4 Å². The minimum Gasteiger partial charge on any atom is -0.508 e. The van der Waals surface area contributed by atoms with Crippen LogP contribution in [-0.2, 0) is 41.9 Å². The molecule has 3 aromatic carbocycles. The zero-order valence-corrected chi connectivity index (χ0v) is 29.3. The van der Waals surface area contributed by atoms with Gasteiger partial charge in [0.15, 0.2) is 5.82 Å². The number of phenols is 2. The van der Waals surface area contributed by atoms with Crippen LogP contribution in [0.1, 0.15) is 45.2 Å². The number of aromatic nitrogens is 4. The molecule has 5 aromatic rings. The Morgan fingerprint density at radius 1 is 0.981 bits per heavy atom. The summed E-state index contributed by atoms with van der Waals surface area (Å²) in [5.74, 6) is -1.26. The third-order valence-corrected chi connectivity index (χ3v) is 9.75. The molecule has 4 heterocycles. The Hall–Kier alpha value is -5.61. The standard InChI is InChI=1S/C36H33ClF3N7O6/c1-3-27-31(44-8-10-45(11-9-44)33(51)24-12-19(2)28(48)15-29(24)49)34(52)47-35(42-32(43-47)20-4-5-21-17-53-18-22(21)13-20)46(27)16-30(50)41-26-7-6-23(14-25(26)37)36(38,39)40/h4-7,12-15,48-49H,3,8-11,16-18H2,1-2H3,(H,41,50). The van der Waals surface area contributed by atoms with Gasteiger partial charge in [-0.3, -0.25) is 14.4 Å². The first-order chi connectivity index (χ1) is 25.2. The molecular formula is C36H33ClF3N7O6. The van der Waals surface area contributed by atoms with E-state index in [1.807, 2.05) is 30.0 Å². The molecule has 0 aliphatic carbocycles. The fraction of sp³-hybridized carbons (Fsp3) is 0.306. The van der Waals surface area contributed by atoms with Gasteiger partial charge in [-0.25, -0.2) is 0 Å². The molecule has 7 rings (SSSR count). The van der Waals surface area contributed by atoms with E-state index in [9.17, 15) is 37.8 Å². The van der Waals surface area contributed by atoms with E-state index in [4.69, 9.17) is 21.3 Å². The van der Waals surface area contributed by atoms with Crippen molar-refractivity contribution in [2.24, 2.45) is 0 Å². The predicted molar refractivity (Wildman–Crippen MR) is 188 cm³/mol. The van der Waals surface area contributed by atoms with Crippen molar-refractivity contribution in [2.45, 2.75) is 46.2 Å². The molecule has 0 atom stereocenters. The van der Waals surface area contributed by atoms with Gasteiger partial charge in [-0.15, -0.1) is 5.10 Å². The van der Waals surface area contributed by atoms with Crippen LogP contribution in [-0.4, -0.2) is 72.3 Å². The summed E-state index contributed by atoms with van der Waals surface area (Å²) in [6, 6.07) is 10.8. The number of amides is 2. The zero-order valence-electron chi connectivity index (χ0n) is 28.5. The molecule has 276 valence electrons. The molecular weight excluding hydrogens is 719 g/mol. The summed E-state index contributed by atoms with van der Waals surface area (Å²) in [7, 11) is 0. The van der Waals surface area contributed by atoms with Gasteiger partial charge in [-0.1, -0.05) is 30.7 Å². The lowest BCUT2D eigenvalue weighted by Crippen LogP contribution is -2.51. The van der Waals surface area contributed by atoms with Gasteiger partial charge in [0.25, 0.3) is 11.5 Å². The third kappa shape index (κ3) is 6.75. The van der Waals surface area contributed by atoms with Gasteiger partial charge in [-0.05, 0) is 60.4 Å². The van der Waals surface area contributed by atoms with E-state index >= 15 is 0 Å². The summed E-state index contributed by atoms with van der Waals surface area (Å²) in [6.45, 7) is 4.74. The summed E-state index contributed by atoms with van der Waals surface area (Å²) in [5, 5.41) is 27.1. The molecule has 3 N–H and O–H groups in total. The van der Waals surface area contributed by atoms with E-state index in [0.29, 0.717) is 30.0 Å². The maximum atomic E-state index is 14.3. The first-order valence-electron chi connectivity index (χ1n) is 16.7. The Morgan fingerprint density at radius 2 is 1.72 bits per heavy atom. The van der Waals surface area contributed by atoms with E-state index in [1.54, 1.807) is 11.5 Å². The number of hydrogen-bond donors (Lipinski definition) is 3. The van der Waals surface area contributed by atoms with E-state index in [2.05, 4.69) is 10.4 Å². The zero-order chi connectivity index (χ0) is 37.8. The molecule has 2 aliphatic rings. The SMILES string of the molecule is CCc1c(N2CCN(C(=O)c3cc(C)c(O)cc3O)CC2)c(=O)n2nc(-c3ccc4c(c3)COC4)nc2n1CC(=O)Nc1ccc(C(F)(F)F)cc1Cl. The van der Waals surface area contributed by atoms with Gasteiger partial charge in [0.2, 0.25) is 11.7 Å². The van der Waals surface area contributed by atoms with Crippen LogP contribution < -0.4 is 15.8 Å². The number of fused-ring (bicyclic) bond motifs is 2. The molecule has 0 spiro atoms. The van der Waals surface area contributed by atoms with Crippen LogP contribution in [0.15, 0.2) is 53.3 Å². The van der Waals surface area contributed by atoms with Crippen molar-refractivity contribution >= 4 is 40.6 Å². The topological polar surface area (TPSA) is 155 Å². The highest BCUT2D eigenvalue weighted by molar-refractivity contribution is 6.33.